The van der Waals surface area contributed by atoms with Crippen LogP contribution in [0.3, 0.4) is 0 Å². The van der Waals surface area contributed by atoms with E-state index in [4.69, 9.17) is 15.9 Å². The highest BCUT2D eigenvalue weighted by molar-refractivity contribution is 5.92. The lowest BCUT2D eigenvalue weighted by Gasteiger charge is -2.12. The van der Waals surface area contributed by atoms with Gasteiger partial charge >= 0.3 is 12.4 Å². The highest BCUT2D eigenvalue weighted by Gasteiger charge is 2.32. The van der Waals surface area contributed by atoms with E-state index in [0.717, 1.165) is 6.07 Å². The Kier molecular flexibility index (Phi) is 3.92. The van der Waals surface area contributed by atoms with Crippen LogP contribution in [0.5, 0.6) is 17.5 Å². The van der Waals surface area contributed by atoms with Gasteiger partial charge in [0, 0.05) is 6.20 Å². The number of hydrogen-bond donors (Lipinski definition) is 2. The first-order valence-corrected chi connectivity index (χ1v) is 5.55. The molecule has 0 atom stereocenters. The summed E-state index contributed by atoms with van der Waals surface area (Å²) in [6.45, 7) is 0. The summed E-state index contributed by atoms with van der Waals surface area (Å²) in [6.07, 6.45) is -3.58. The van der Waals surface area contributed by atoms with E-state index in [1.165, 1.54) is 30.5 Å². The van der Waals surface area contributed by atoms with E-state index in [1.807, 2.05) is 0 Å². The van der Waals surface area contributed by atoms with Gasteiger partial charge in [-0.2, -0.15) is 4.98 Å². The average Bonchev–Trinajstić information content (AvgIpc) is 2.40. The molecule has 0 bridgehead atoms. The second-order valence-corrected chi connectivity index (χ2v) is 3.73. The molecule has 0 aliphatic carbocycles. The van der Waals surface area contributed by atoms with Crippen molar-refractivity contribution in [2.45, 2.75) is 6.36 Å². The minimum absolute atomic E-state index is 0.0919. The first kappa shape index (κ1) is 14.6. The standard InChI is InChI=1S/C12H9F3N4O2/c13-12(14,15)21-9-4-2-1-3-8(9)20-11-18-6-5-7(19-11)10(16)17/h1-6H,(H3,16,17). The van der Waals surface area contributed by atoms with Crippen molar-refractivity contribution < 1.29 is 22.6 Å². The maximum absolute atomic E-state index is 12.3. The molecule has 21 heavy (non-hydrogen) atoms. The predicted molar refractivity (Wildman–Crippen MR) is 66.2 cm³/mol. The van der Waals surface area contributed by atoms with Crippen molar-refractivity contribution in [1.82, 2.24) is 9.97 Å². The Morgan fingerprint density at radius 3 is 2.43 bits per heavy atom. The van der Waals surface area contributed by atoms with Crippen molar-refractivity contribution in [2.75, 3.05) is 0 Å². The molecule has 110 valence electrons. The third-order valence-corrected chi connectivity index (χ3v) is 2.19. The van der Waals surface area contributed by atoms with Gasteiger partial charge < -0.3 is 15.2 Å². The number of aromatic nitrogens is 2. The molecule has 0 amide bonds. The van der Waals surface area contributed by atoms with Crippen molar-refractivity contribution in [1.29, 1.82) is 5.41 Å². The van der Waals surface area contributed by atoms with Gasteiger partial charge in [0.05, 0.1) is 0 Å². The molecule has 0 spiro atoms. The predicted octanol–water partition coefficient (Wildman–Crippen LogP) is 2.45. The van der Waals surface area contributed by atoms with Crippen molar-refractivity contribution in [3.8, 4) is 17.5 Å². The summed E-state index contributed by atoms with van der Waals surface area (Å²) in [5, 5.41) is 7.23. The lowest BCUT2D eigenvalue weighted by atomic mass is 10.3. The number of nitrogens with zero attached hydrogens (tertiary/aromatic N) is 2. The summed E-state index contributed by atoms with van der Waals surface area (Å²) in [6, 6.07) is 6.31. The lowest BCUT2D eigenvalue weighted by Crippen LogP contribution is -2.17. The van der Waals surface area contributed by atoms with Crippen LogP contribution in [-0.4, -0.2) is 22.2 Å². The lowest BCUT2D eigenvalue weighted by molar-refractivity contribution is -0.275. The van der Waals surface area contributed by atoms with Gasteiger partial charge in [0.1, 0.15) is 11.5 Å². The molecule has 1 aromatic carbocycles. The van der Waals surface area contributed by atoms with Crippen molar-refractivity contribution in [3.63, 3.8) is 0 Å². The molecule has 0 saturated carbocycles. The Hall–Kier alpha value is -2.84. The zero-order valence-electron chi connectivity index (χ0n) is 10.4. The molecule has 2 rings (SSSR count). The van der Waals surface area contributed by atoms with Crippen LogP contribution in [0.4, 0.5) is 13.2 Å². The minimum Gasteiger partial charge on any atom is -0.420 e. The molecule has 0 aliphatic rings. The summed E-state index contributed by atoms with van der Waals surface area (Å²) >= 11 is 0. The van der Waals surface area contributed by atoms with Gasteiger partial charge in [0.2, 0.25) is 0 Å². The molecule has 0 aliphatic heterocycles. The van der Waals surface area contributed by atoms with Crippen LogP contribution in [0.2, 0.25) is 0 Å². The van der Waals surface area contributed by atoms with E-state index in [2.05, 4.69) is 14.7 Å². The molecular formula is C12H9F3N4O2. The number of hydrogen-bond acceptors (Lipinski definition) is 5. The normalized spacial score (nSPS) is 11.0. The Bertz CT molecular complexity index is 661. The van der Waals surface area contributed by atoms with E-state index in [9.17, 15) is 13.2 Å². The average molecular weight is 298 g/mol. The Labute approximate surface area is 116 Å². The Morgan fingerprint density at radius 2 is 1.81 bits per heavy atom. The molecule has 9 heteroatoms. The smallest absolute Gasteiger partial charge is 0.420 e. The number of para-hydroxylation sites is 2. The molecule has 2 aromatic rings. The summed E-state index contributed by atoms with van der Waals surface area (Å²) in [5.74, 6) is -1.06. The van der Waals surface area contributed by atoms with Gasteiger partial charge in [0.15, 0.2) is 11.5 Å². The largest absolute Gasteiger partial charge is 0.573 e. The van der Waals surface area contributed by atoms with Crippen LogP contribution in [-0.2, 0) is 0 Å². The van der Waals surface area contributed by atoms with E-state index < -0.39 is 12.1 Å². The topological polar surface area (TPSA) is 94.1 Å². The third-order valence-electron chi connectivity index (χ3n) is 2.19. The van der Waals surface area contributed by atoms with E-state index in [1.54, 1.807) is 0 Å². The number of nitrogens with one attached hydrogen (secondary N) is 1. The van der Waals surface area contributed by atoms with E-state index in [0.29, 0.717) is 0 Å². The second-order valence-electron chi connectivity index (χ2n) is 3.73. The third kappa shape index (κ3) is 4.06. The fourth-order valence-corrected chi connectivity index (χ4v) is 1.38. The number of nitrogens with two attached hydrogens (primary N) is 1. The van der Waals surface area contributed by atoms with Gasteiger partial charge in [-0.3, -0.25) is 5.41 Å². The van der Waals surface area contributed by atoms with Gasteiger partial charge in [-0.05, 0) is 18.2 Å². The molecule has 0 unspecified atom stereocenters. The van der Waals surface area contributed by atoms with Gasteiger partial charge in [-0.15, -0.1) is 13.2 Å². The second kappa shape index (κ2) is 5.65. The van der Waals surface area contributed by atoms with Crippen LogP contribution in [0.15, 0.2) is 36.5 Å². The highest BCUT2D eigenvalue weighted by Crippen LogP contribution is 2.33. The highest BCUT2D eigenvalue weighted by atomic mass is 19.4. The molecule has 1 aromatic heterocycles. The van der Waals surface area contributed by atoms with Crippen LogP contribution in [0, 0.1) is 5.41 Å². The molecule has 6 nitrogen and oxygen atoms in total. The Balaban J connectivity index is 2.27. The van der Waals surface area contributed by atoms with Gasteiger partial charge in [-0.1, -0.05) is 12.1 Å². The molecule has 0 radical (unpaired) electrons. The van der Waals surface area contributed by atoms with Crippen molar-refractivity contribution >= 4 is 5.84 Å². The number of alkyl halides is 3. The Morgan fingerprint density at radius 1 is 1.14 bits per heavy atom. The van der Waals surface area contributed by atoms with Crippen molar-refractivity contribution in [2.24, 2.45) is 5.73 Å². The first-order chi connectivity index (χ1) is 9.85. The van der Waals surface area contributed by atoms with Crippen LogP contribution in [0.1, 0.15) is 5.69 Å². The maximum atomic E-state index is 12.3. The maximum Gasteiger partial charge on any atom is 0.573 e. The summed E-state index contributed by atoms with van der Waals surface area (Å²) in [7, 11) is 0. The zero-order valence-corrected chi connectivity index (χ0v) is 10.4. The zero-order chi connectivity index (χ0) is 15.5. The number of halogens is 3. The molecule has 0 fully saturated rings. The summed E-state index contributed by atoms with van der Waals surface area (Å²) in [4.78, 5) is 7.52. The van der Waals surface area contributed by atoms with E-state index >= 15 is 0 Å². The molecule has 1 heterocycles. The van der Waals surface area contributed by atoms with Crippen LogP contribution < -0.4 is 15.2 Å². The number of rotatable bonds is 4. The fourth-order valence-electron chi connectivity index (χ4n) is 1.38. The van der Waals surface area contributed by atoms with Gasteiger partial charge in [0.25, 0.3) is 0 Å². The number of nitrogen functional groups attached to an aromatic ring is 1. The number of amidine groups is 1. The van der Waals surface area contributed by atoms with E-state index in [-0.39, 0.29) is 23.3 Å². The number of benzene rings is 1. The first-order valence-electron chi connectivity index (χ1n) is 5.55. The van der Waals surface area contributed by atoms with Gasteiger partial charge in [-0.25, -0.2) is 4.98 Å². The number of ether oxygens (including phenoxy) is 2. The summed E-state index contributed by atoms with van der Waals surface area (Å²) in [5.41, 5.74) is 5.35. The fraction of sp³-hybridized carbons (Fsp3) is 0.0833. The monoisotopic (exact) mass is 298 g/mol. The molecular weight excluding hydrogens is 289 g/mol. The van der Waals surface area contributed by atoms with Crippen molar-refractivity contribution in [3.05, 3.63) is 42.2 Å². The quantitative estimate of drug-likeness (QED) is 0.668. The summed E-state index contributed by atoms with van der Waals surface area (Å²) < 4.78 is 45.8. The molecule has 3 N–H and O–H groups in total. The molecule has 0 saturated heterocycles. The van der Waals surface area contributed by atoms with Crippen LogP contribution >= 0.6 is 0 Å². The van der Waals surface area contributed by atoms with Crippen LogP contribution in [0.25, 0.3) is 0 Å². The SMILES string of the molecule is N=C(N)c1ccnc(Oc2ccccc2OC(F)(F)F)n1. The minimum atomic E-state index is -4.85.